The molecule has 5 nitrogen and oxygen atoms in total. The molecule has 0 aliphatic carbocycles. The van der Waals surface area contributed by atoms with Crippen LogP contribution < -0.4 is 14.8 Å². The molecule has 1 aromatic carbocycles. The van der Waals surface area contributed by atoms with Gasteiger partial charge in [-0.3, -0.25) is 4.79 Å². The number of benzene rings is 1. The van der Waals surface area contributed by atoms with Crippen LogP contribution in [0.2, 0.25) is 5.02 Å². The van der Waals surface area contributed by atoms with Crippen molar-refractivity contribution in [3.8, 4) is 11.5 Å². The summed E-state index contributed by atoms with van der Waals surface area (Å²) in [5.74, 6) is 1.33. The highest BCUT2D eigenvalue weighted by molar-refractivity contribution is 6.32. The van der Waals surface area contributed by atoms with Gasteiger partial charge in [-0.1, -0.05) is 25.4 Å². The van der Waals surface area contributed by atoms with Gasteiger partial charge in [-0.15, -0.1) is 0 Å². The Labute approximate surface area is 136 Å². The summed E-state index contributed by atoms with van der Waals surface area (Å²) < 4.78 is 11.1. The van der Waals surface area contributed by atoms with Crippen LogP contribution in [0, 0.1) is 5.92 Å². The second-order valence-electron chi connectivity index (χ2n) is 5.74. The van der Waals surface area contributed by atoms with Crippen LogP contribution >= 0.6 is 11.6 Å². The number of methoxy groups -OCH3 is 1. The first kappa shape index (κ1) is 16.9. The topological polar surface area (TPSA) is 50.8 Å². The number of carbonyl (C=O) groups excluding carboxylic acids is 1. The zero-order chi connectivity index (χ0) is 16.1. The third-order valence-electron chi connectivity index (χ3n) is 3.44. The number of nitrogens with one attached hydrogen (secondary N) is 1. The van der Waals surface area contributed by atoms with Gasteiger partial charge >= 0.3 is 0 Å². The van der Waals surface area contributed by atoms with Crippen LogP contribution in [0.15, 0.2) is 12.1 Å². The molecule has 0 bridgehead atoms. The molecule has 0 aromatic heterocycles. The van der Waals surface area contributed by atoms with Crippen LogP contribution in [0.1, 0.15) is 24.2 Å². The van der Waals surface area contributed by atoms with Gasteiger partial charge in [-0.25, -0.2) is 0 Å². The fourth-order valence-electron chi connectivity index (χ4n) is 2.28. The van der Waals surface area contributed by atoms with Crippen molar-refractivity contribution in [3.05, 3.63) is 22.7 Å². The predicted molar refractivity (Wildman–Crippen MR) is 87.1 cm³/mol. The molecule has 22 heavy (non-hydrogen) atoms. The molecular formula is C16H23ClN2O3. The first-order valence-corrected chi connectivity index (χ1v) is 7.91. The Bertz CT molecular complexity index is 528. The number of rotatable bonds is 5. The summed E-state index contributed by atoms with van der Waals surface area (Å²) in [5, 5.41) is 3.63. The first-order valence-electron chi connectivity index (χ1n) is 7.53. The average Bonchev–Trinajstić information content (AvgIpc) is 2.52. The zero-order valence-corrected chi connectivity index (χ0v) is 14.1. The maximum absolute atomic E-state index is 12.5. The lowest BCUT2D eigenvalue weighted by Gasteiger charge is -2.27. The Hall–Kier alpha value is -1.46. The summed E-state index contributed by atoms with van der Waals surface area (Å²) in [5.41, 5.74) is 0.528. The van der Waals surface area contributed by atoms with Crippen LogP contribution in [0.25, 0.3) is 0 Å². The van der Waals surface area contributed by atoms with E-state index >= 15 is 0 Å². The third-order valence-corrected chi connectivity index (χ3v) is 3.72. The summed E-state index contributed by atoms with van der Waals surface area (Å²) in [6.07, 6.45) is 0. The molecule has 1 fully saturated rings. The summed E-state index contributed by atoms with van der Waals surface area (Å²) in [7, 11) is 1.55. The van der Waals surface area contributed by atoms with Gasteiger partial charge in [0, 0.05) is 31.7 Å². The van der Waals surface area contributed by atoms with Crippen LogP contribution in [-0.4, -0.2) is 50.7 Å². The van der Waals surface area contributed by atoms with E-state index in [1.165, 1.54) is 0 Å². The van der Waals surface area contributed by atoms with E-state index in [4.69, 9.17) is 21.1 Å². The number of ether oxygens (including phenoxy) is 2. The number of hydrogen-bond acceptors (Lipinski definition) is 4. The number of halogens is 1. The number of hydrogen-bond donors (Lipinski definition) is 1. The Morgan fingerprint density at radius 1 is 1.36 bits per heavy atom. The molecule has 2 rings (SSSR count). The van der Waals surface area contributed by atoms with Crippen LogP contribution in [0.5, 0.6) is 11.5 Å². The van der Waals surface area contributed by atoms with Gasteiger partial charge < -0.3 is 19.7 Å². The highest BCUT2D eigenvalue weighted by atomic mass is 35.5. The number of carbonyl (C=O) groups is 1. The Balaban J connectivity index is 2.22. The van der Waals surface area contributed by atoms with Crippen molar-refractivity contribution in [3.63, 3.8) is 0 Å². The van der Waals surface area contributed by atoms with Gasteiger partial charge in [-0.2, -0.15) is 0 Å². The molecule has 1 aliphatic rings. The third kappa shape index (κ3) is 4.05. The quantitative estimate of drug-likeness (QED) is 0.903. The number of amides is 1. The second-order valence-corrected chi connectivity index (χ2v) is 6.14. The predicted octanol–water partition coefficient (Wildman–Crippen LogP) is 2.43. The van der Waals surface area contributed by atoms with E-state index in [-0.39, 0.29) is 5.91 Å². The normalized spacial score (nSPS) is 15.0. The van der Waals surface area contributed by atoms with Gasteiger partial charge in [0.2, 0.25) is 0 Å². The lowest BCUT2D eigenvalue weighted by molar-refractivity contribution is 0.0735. The molecule has 0 radical (unpaired) electrons. The molecule has 0 unspecified atom stereocenters. The van der Waals surface area contributed by atoms with Crippen molar-refractivity contribution in [1.29, 1.82) is 0 Å². The molecule has 1 heterocycles. The van der Waals surface area contributed by atoms with Crippen molar-refractivity contribution >= 4 is 17.5 Å². The first-order chi connectivity index (χ1) is 10.5. The number of piperazine rings is 1. The smallest absolute Gasteiger partial charge is 0.254 e. The van der Waals surface area contributed by atoms with E-state index in [0.717, 1.165) is 13.1 Å². The Kier molecular flexibility index (Phi) is 5.91. The SMILES string of the molecule is COc1cc(C(=O)N2CCNCC2)cc(Cl)c1OCC(C)C. The standard InChI is InChI=1S/C16H23ClN2O3/c1-11(2)10-22-15-13(17)8-12(9-14(15)21-3)16(20)19-6-4-18-5-7-19/h8-9,11,18H,4-7,10H2,1-3H3. The molecule has 6 heteroatoms. The number of nitrogens with zero attached hydrogens (tertiary/aromatic N) is 1. The van der Waals surface area contributed by atoms with Crippen molar-refractivity contribution in [1.82, 2.24) is 10.2 Å². The van der Waals surface area contributed by atoms with Crippen LogP contribution in [0.4, 0.5) is 0 Å². The van der Waals surface area contributed by atoms with Crippen molar-refractivity contribution < 1.29 is 14.3 Å². The summed E-state index contributed by atoms with van der Waals surface area (Å²) >= 11 is 6.29. The van der Waals surface area contributed by atoms with Gasteiger partial charge in [0.25, 0.3) is 5.91 Å². The largest absolute Gasteiger partial charge is 0.493 e. The van der Waals surface area contributed by atoms with E-state index in [9.17, 15) is 4.79 Å². The van der Waals surface area contributed by atoms with E-state index in [1.807, 2.05) is 4.90 Å². The average molecular weight is 327 g/mol. The molecule has 0 spiro atoms. The van der Waals surface area contributed by atoms with E-state index < -0.39 is 0 Å². The molecule has 0 saturated carbocycles. The maximum Gasteiger partial charge on any atom is 0.254 e. The molecule has 1 amide bonds. The lowest BCUT2D eigenvalue weighted by Crippen LogP contribution is -2.46. The minimum Gasteiger partial charge on any atom is -0.493 e. The zero-order valence-electron chi connectivity index (χ0n) is 13.3. The molecule has 0 atom stereocenters. The van der Waals surface area contributed by atoms with Crippen molar-refractivity contribution in [2.24, 2.45) is 5.92 Å². The fraction of sp³-hybridized carbons (Fsp3) is 0.562. The Morgan fingerprint density at radius 2 is 2.05 bits per heavy atom. The Morgan fingerprint density at radius 3 is 2.64 bits per heavy atom. The molecule has 1 saturated heterocycles. The van der Waals surface area contributed by atoms with E-state index in [0.29, 0.717) is 47.7 Å². The summed E-state index contributed by atoms with van der Waals surface area (Å²) in [6.45, 7) is 7.68. The van der Waals surface area contributed by atoms with Gasteiger partial charge in [0.1, 0.15) is 0 Å². The van der Waals surface area contributed by atoms with Crippen molar-refractivity contribution in [2.75, 3.05) is 39.9 Å². The maximum atomic E-state index is 12.5. The minimum atomic E-state index is -0.0305. The molecule has 1 N–H and O–H groups in total. The molecule has 1 aromatic rings. The molecule has 1 aliphatic heterocycles. The highest BCUT2D eigenvalue weighted by Gasteiger charge is 2.21. The van der Waals surface area contributed by atoms with E-state index in [2.05, 4.69) is 19.2 Å². The highest BCUT2D eigenvalue weighted by Crippen LogP contribution is 2.37. The molecular weight excluding hydrogens is 304 g/mol. The van der Waals surface area contributed by atoms with Gasteiger partial charge in [0.05, 0.1) is 18.7 Å². The second kappa shape index (κ2) is 7.70. The van der Waals surface area contributed by atoms with Crippen molar-refractivity contribution in [2.45, 2.75) is 13.8 Å². The lowest BCUT2D eigenvalue weighted by atomic mass is 10.1. The van der Waals surface area contributed by atoms with E-state index in [1.54, 1.807) is 19.2 Å². The van der Waals surface area contributed by atoms with Gasteiger partial charge in [0.15, 0.2) is 11.5 Å². The fourth-order valence-corrected chi connectivity index (χ4v) is 2.55. The molecule has 122 valence electrons. The monoisotopic (exact) mass is 326 g/mol. The van der Waals surface area contributed by atoms with Crippen LogP contribution in [0.3, 0.4) is 0 Å². The van der Waals surface area contributed by atoms with Crippen LogP contribution in [-0.2, 0) is 0 Å². The summed E-state index contributed by atoms with van der Waals surface area (Å²) in [4.78, 5) is 14.4. The minimum absolute atomic E-state index is 0.0305. The summed E-state index contributed by atoms with van der Waals surface area (Å²) in [6, 6.07) is 3.36. The van der Waals surface area contributed by atoms with Gasteiger partial charge in [-0.05, 0) is 18.1 Å².